The third-order valence-electron chi connectivity index (χ3n) is 3.20. The lowest BCUT2D eigenvalue weighted by Crippen LogP contribution is -2.14. The number of anilines is 1. The zero-order chi connectivity index (χ0) is 10.8. The summed E-state index contributed by atoms with van der Waals surface area (Å²) in [5.74, 6) is 0.877. The standard InChI is InChI=1S/C12H21N3/c1-9(2)15-8-12(7-13-15)14-11-5-4-10(3)6-11/h7-11,14H,4-6H2,1-3H3. The molecule has 2 rings (SSSR count). The zero-order valence-corrected chi connectivity index (χ0v) is 9.90. The van der Waals surface area contributed by atoms with Crippen LogP contribution >= 0.6 is 0 Å². The van der Waals surface area contributed by atoms with E-state index in [2.05, 4.69) is 37.4 Å². The Kier molecular flexibility index (Phi) is 2.98. The maximum atomic E-state index is 4.33. The van der Waals surface area contributed by atoms with Gasteiger partial charge in [-0.3, -0.25) is 4.68 Å². The molecule has 2 atom stereocenters. The lowest BCUT2D eigenvalue weighted by Gasteiger charge is -2.11. The van der Waals surface area contributed by atoms with E-state index in [9.17, 15) is 0 Å². The van der Waals surface area contributed by atoms with Gasteiger partial charge in [0.25, 0.3) is 0 Å². The van der Waals surface area contributed by atoms with Crippen LogP contribution < -0.4 is 5.32 Å². The third kappa shape index (κ3) is 2.52. The highest BCUT2D eigenvalue weighted by Crippen LogP contribution is 2.27. The Morgan fingerprint density at radius 1 is 1.47 bits per heavy atom. The predicted octanol–water partition coefficient (Wildman–Crippen LogP) is 3.06. The quantitative estimate of drug-likeness (QED) is 0.825. The molecule has 1 aromatic heterocycles. The molecule has 0 amide bonds. The monoisotopic (exact) mass is 207 g/mol. The molecule has 3 nitrogen and oxygen atoms in total. The van der Waals surface area contributed by atoms with Crippen LogP contribution in [0.5, 0.6) is 0 Å². The van der Waals surface area contributed by atoms with Gasteiger partial charge < -0.3 is 5.32 Å². The second-order valence-electron chi connectivity index (χ2n) is 5.06. The molecule has 3 heteroatoms. The second kappa shape index (κ2) is 4.25. The number of hydrogen-bond donors (Lipinski definition) is 1. The van der Waals surface area contributed by atoms with Crippen LogP contribution in [-0.4, -0.2) is 15.8 Å². The maximum Gasteiger partial charge on any atom is 0.0728 e. The van der Waals surface area contributed by atoms with E-state index in [1.54, 1.807) is 0 Å². The molecule has 0 bridgehead atoms. The van der Waals surface area contributed by atoms with Crippen LogP contribution in [0.4, 0.5) is 5.69 Å². The summed E-state index contributed by atoms with van der Waals surface area (Å²) in [7, 11) is 0. The van der Waals surface area contributed by atoms with Crippen LogP contribution in [0.3, 0.4) is 0 Å². The Bertz CT molecular complexity index is 316. The van der Waals surface area contributed by atoms with Crippen molar-refractivity contribution < 1.29 is 0 Å². The molecule has 0 radical (unpaired) electrons. The number of hydrogen-bond acceptors (Lipinski definition) is 2. The van der Waals surface area contributed by atoms with Crippen molar-refractivity contribution in [2.75, 3.05) is 5.32 Å². The predicted molar refractivity (Wildman–Crippen MR) is 63.0 cm³/mol. The van der Waals surface area contributed by atoms with Crippen LogP contribution in [0.2, 0.25) is 0 Å². The Hall–Kier alpha value is -0.990. The van der Waals surface area contributed by atoms with Crippen LogP contribution in [0.1, 0.15) is 46.1 Å². The fraction of sp³-hybridized carbons (Fsp3) is 0.750. The van der Waals surface area contributed by atoms with Gasteiger partial charge in [0.05, 0.1) is 11.9 Å². The molecule has 1 fully saturated rings. The first-order chi connectivity index (χ1) is 7.15. The molecule has 1 heterocycles. The number of nitrogens with zero attached hydrogens (tertiary/aromatic N) is 2. The summed E-state index contributed by atoms with van der Waals surface area (Å²) in [6.07, 6.45) is 7.99. The number of nitrogens with one attached hydrogen (secondary N) is 1. The number of aromatic nitrogens is 2. The zero-order valence-electron chi connectivity index (χ0n) is 9.90. The smallest absolute Gasteiger partial charge is 0.0728 e. The Balaban J connectivity index is 1.93. The molecule has 0 aliphatic heterocycles. The van der Waals surface area contributed by atoms with E-state index in [1.807, 2.05) is 10.9 Å². The first kappa shape index (κ1) is 10.5. The van der Waals surface area contributed by atoms with Crippen molar-refractivity contribution in [2.45, 2.75) is 52.1 Å². The average molecular weight is 207 g/mol. The fourth-order valence-corrected chi connectivity index (χ4v) is 2.27. The first-order valence-corrected chi connectivity index (χ1v) is 5.96. The summed E-state index contributed by atoms with van der Waals surface area (Å²) in [5.41, 5.74) is 1.17. The molecule has 15 heavy (non-hydrogen) atoms. The van der Waals surface area contributed by atoms with E-state index in [4.69, 9.17) is 0 Å². The summed E-state index contributed by atoms with van der Waals surface area (Å²) in [5, 5.41) is 7.89. The van der Waals surface area contributed by atoms with Gasteiger partial charge in [-0.15, -0.1) is 0 Å². The van der Waals surface area contributed by atoms with Gasteiger partial charge >= 0.3 is 0 Å². The second-order valence-corrected chi connectivity index (χ2v) is 5.06. The van der Waals surface area contributed by atoms with Crippen molar-refractivity contribution in [1.29, 1.82) is 0 Å². The van der Waals surface area contributed by atoms with Gasteiger partial charge in [-0.1, -0.05) is 6.92 Å². The van der Waals surface area contributed by atoms with E-state index in [0.717, 1.165) is 5.92 Å². The highest BCUT2D eigenvalue weighted by molar-refractivity contribution is 5.39. The minimum Gasteiger partial charge on any atom is -0.380 e. The molecule has 0 aromatic carbocycles. The Morgan fingerprint density at radius 2 is 2.27 bits per heavy atom. The highest BCUT2D eigenvalue weighted by Gasteiger charge is 2.21. The molecular weight excluding hydrogens is 186 g/mol. The normalized spacial score (nSPS) is 26.1. The van der Waals surface area contributed by atoms with E-state index in [0.29, 0.717) is 12.1 Å². The van der Waals surface area contributed by atoms with Crippen molar-refractivity contribution in [3.05, 3.63) is 12.4 Å². The maximum absolute atomic E-state index is 4.33. The van der Waals surface area contributed by atoms with Gasteiger partial charge in [-0.25, -0.2) is 0 Å². The van der Waals surface area contributed by atoms with Crippen LogP contribution in [-0.2, 0) is 0 Å². The van der Waals surface area contributed by atoms with Crippen molar-refractivity contribution in [3.63, 3.8) is 0 Å². The SMILES string of the molecule is CC1CCC(Nc2cnn(C(C)C)c2)C1. The lowest BCUT2D eigenvalue weighted by molar-refractivity contribution is 0.532. The minimum absolute atomic E-state index is 0.447. The molecular formula is C12H21N3. The molecule has 2 unspecified atom stereocenters. The summed E-state index contributed by atoms with van der Waals surface area (Å²) < 4.78 is 2.00. The largest absolute Gasteiger partial charge is 0.380 e. The molecule has 1 N–H and O–H groups in total. The summed E-state index contributed by atoms with van der Waals surface area (Å²) in [6.45, 7) is 6.63. The van der Waals surface area contributed by atoms with Crippen molar-refractivity contribution >= 4 is 5.69 Å². The van der Waals surface area contributed by atoms with E-state index >= 15 is 0 Å². The topological polar surface area (TPSA) is 29.9 Å². The van der Waals surface area contributed by atoms with Crippen molar-refractivity contribution in [2.24, 2.45) is 5.92 Å². The summed E-state index contributed by atoms with van der Waals surface area (Å²) >= 11 is 0. The molecule has 0 spiro atoms. The fourth-order valence-electron chi connectivity index (χ4n) is 2.27. The van der Waals surface area contributed by atoms with Gasteiger partial charge in [-0.05, 0) is 39.0 Å². The van der Waals surface area contributed by atoms with E-state index in [-0.39, 0.29) is 0 Å². The highest BCUT2D eigenvalue weighted by atomic mass is 15.3. The Labute approximate surface area is 91.9 Å². The van der Waals surface area contributed by atoms with Gasteiger partial charge in [0, 0.05) is 18.3 Å². The summed E-state index contributed by atoms with van der Waals surface area (Å²) in [6, 6.07) is 1.10. The average Bonchev–Trinajstić information content (AvgIpc) is 2.76. The van der Waals surface area contributed by atoms with E-state index < -0.39 is 0 Å². The lowest BCUT2D eigenvalue weighted by atomic mass is 10.1. The third-order valence-corrected chi connectivity index (χ3v) is 3.20. The molecule has 84 valence electrons. The van der Waals surface area contributed by atoms with Gasteiger partial charge in [0.2, 0.25) is 0 Å². The van der Waals surface area contributed by atoms with Crippen LogP contribution in [0.15, 0.2) is 12.4 Å². The molecule has 1 aromatic rings. The molecule has 1 aliphatic rings. The number of rotatable bonds is 3. The van der Waals surface area contributed by atoms with E-state index in [1.165, 1.54) is 24.9 Å². The first-order valence-electron chi connectivity index (χ1n) is 5.96. The van der Waals surface area contributed by atoms with Crippen LogP contribution in [0, 0.1) is 5.92 Å². The van der Waals surface area contributed by atoms with Gasteiger partial charge in [-0.2, -0.15) is 5.10 Å². The van der Waals surface area contributed by atoms with Crippen molar-refractivity contribution in [3.8, 4) is 0 Å². The minimum atomic E-state index is 0.447. The molecule has 0 saturated heterocycles. The van der Waals surface area contributed by atoms with Crippen molar-refractivity contribution in [1.82, 2.24) is 9.78 Å². The Morgan fingerprint density at radius 3 is 2.80 bits per heavy atom. The van der Waals surface area contributed by atoms with Crippen LogP contribution in [0.25, 0.3) is 0 Å². The van der Waals surface area contributed by atoms with Gasteiger partial charge in [0.1, 0.15) is 0 Å². The van der Waals surface area contributed by atoms with Gasteiger partial charge in [0.15, 0.2) is 0 Å². The molecule has 1 aliphatic carbocycles. The summed E-state index contributed by atoms with van der Waals surface area (Å²) in [4.78, 5) is 0. The molecule has 1 saturated carbocycles.